The first-order chi connectivity index (χ1) is 11.5. The quantitative estimate of drug-likeness (QED) is 0.719. The number of amides is 1. The van der Waals surface area contributed by atoms with E-state index in [0.717, 1.165) is 22.0 Å². The van der Waals surface area contributed by atoms with Gasteiger partial charge in [-0.15, -0.1) is 11.3 Å². The predicted molar refractivity (Wildman–Crippen MR) is 97.2 cm³/mol. The molecule has 0 bridgehead atoms. The van der Waals surface area contributed by atoms with Crippen molar-refractivity contribution >= 4 is 22.9 Å². The molecule has 0 spiro atoms. The Bertz CT molecular complexity index is 887. The van der Waals surface area contributed by atoms with E-state index in [4.69, 9.17) is 4.74 Å². The van der Waals surface area contributed by atoms with Crippen LogP contribution in [0.5, 0.6) is 11.5 Å². The molecule has 2 aromatic carbocycles. The number of para-hydroxylation sites is 2. The van der Waals surface area contributed by atoms with Gasteiger partial charge < -0.3 is 10.1 Å². The minimum atomic E-state index is -0.168. The van der Waals surface area contributed by atoms with E-state index in [-0.39, 0.29) is 5.91 Å². The first kappa shape index (κ1) is 16.2. The van der Waals surface area contributed by atoms with Crippen molar-refractivity contribution in [3.8, 4) is 11.5 Å². The smallest absolute Gasteiger partial charge is 0.267 e. The topological polar surface area (TPSA) is 51.2 Å². The van der Waals surface area contributed by atoms with Gasteiger partial charge in [-0.05, 0) is 50.6 Å². The third kappa shape index (κ3) is 3.63. The summed E-state index contributed by atoms with van der Waals surface area (Å²) >= 11 is 1.39. The summed E-state index contributed by atoms with van der Waals surface area (Å²) in [6.45, 7) is 5.74. The molecule has 0 aliphatic rings. The van der Waals surface area contributed by atoms with E-state index in [1.165, 1.54) is 11.3 Å². The summed E-state index contributed by atoms with van der Waals surface area (Å²) in [5, 5.41) is 3.80. The molecule has 0 radical (unpaired) electrons. The number of ether oxygens (including phenoxy) is 1. The average Bonchev–Trinajstić information content (AvgIpc) is 2.88. The molecule has 4 nitrogen and oxygen atoms in total. The number of nitrogens with zero attached hydrogens (tertiary/aromatic N) is 1. The Labute approximate surface area is 145 Å². The summed E-state index contributed by atoms with van der Waals surface area (Å²) in [6, 6.07) is 15.2. The van der Waals surface area contributed by atoms with Gasteiger partial charge in [-0.2, -0.15) is 0 Å². The molecule has 3 aromatic rings. The van der Waals surface area contributed by atoms with Crippen LogP contribution in [-0.4, -0.2) is 10.9 Å². The number of benzene rings is 2. The highest BCUT2D eigenvalue weighted by molar-refractivity contribution is 7.13. The highest BCUT2D eigenvalue weighted by Gasteiger charge is 2.16. The zero-order valence-electron chi connectivity index (χ0n) is 13.8. The van der Waals surface area contributed by atoms with Crippen LogP contribution in [0.2, 0.25) is 0 Å². The summed E-state index contributed by atoms with van der Waals surface area (Å²) in [6.07, 6.45) is 0. The van der Waals surface area contributed by atoms with E-state index in [9.17, 15) is 4.79 Å². The highest BCUT2D eigenvalue weighted by atomic mass is 32.1. The molecule has 1 aromatic heterocycles. The fourth-order valence-corrected chi connectivity index (χ4v) is 3.20. The number of aryl methyl sites for hydroxylation is 3. The van der Waals surface area contributed by atoms with Gasteiger partial charge in [0, 0.05) is 0 Å². The Balaban J connectivity index is 1.84. The molecule has 1 amide bonds. The number of rotatable bonds is 4. The van der Waals surface area contributed by atoms with E-state index in [1.807, 2.05) is 69.3 Å². The summed E-state index contributed by atoms with van der Waals surface area (Å²) in [4.78, 5) is 17.4. The number of carbonyl (C=O) groups excluding carboxylic acids is 1. The molecule has 0 aliphatic carbocycles. The highest BCUT2D eigenvalue weighted by Crippen LogP contribution is 2.30. The summed E-state index contributed by atoms with van der Waals surface area (Å²) < 4.78 is 5.94. The Kier molecular flexibility index (Phi) is 4.62. The molecule has 5 heteroatoms. The predicted octanol–water partition coefficient (Wildman–Crippen LogP) is 5.11. The van der Waals surface area contributed by atoms with Gasteiger partial charge in [0.15, 0.2) is 5.75 Å². The maximum atomic E-state index is 12.5. The summed E-state index contributed by atoms with van der Waals surface area (Å²) in [5.41, 5.74) is 2.49. The molecular formula is C19H18N2O2S. The van der Waals surface area contributed by atoms with Crippen molar-refractivity contribution in [3.05, 3.63) is 69.7 Å². The second-order valence-corrected chi connectivity index (χ2v) is 6.72. The molecule has 0 saturated heterocycles. The van der Waals surface area contributed by atoms with Crippen molar-refractivity contribution in [2.45, 2.75) is 20.8 Å². The van der Waals surface area contributed by atoms with Gasteiger partial charge in [0.2, 0.25) is 0 Å². The van der Waals surface area contributed by atoms with E-state index >= 15 is 0 Å². The normalized spacial score (nSPS) is 10.5. The lowest BCUT2D eigenvalue weighted by Gasteiger charge is -2.12. The molecule has 24 heavy (non-hydrogen) atoms. The molecule has 0 aliphatic heterocycles. The minimum Gasteiger partial charge on any atom is -0.455 e. The molecule has 122 valence electrons. The van der Waals surface area contributed by atoms with Crippen LogP contribution in [0.25, 0.3) is 0 Å². The number of aromatic nitrogens is 1. The number of carbonyl (C=O) groups is 1. The van der Waals surface area contributed by atoms with Crippen LogP contribution < -0.4 is 10.1 Å². The van der Waals surface area contributed by atoms with E-state index in [2.05, 4.69) is 10.3 Å². The first-order valence-corrected chi connectivity index (χ1v) is 8.43. The van der Waals surface area contributed by atoms with Crippen LogP contribution in [0.1, 0.15) is 25.9 Å². The van der Waals surface area contributed by atoms with Crippen LogP contribution in [0.15, 0.2) is 48.5 Å². The van der Waals surface area contributed by atoms with Gasteiger partial charge in [0.05, 0.1) is 16.4 Å². The van der Waals surface area contributed by atoms with Crippen molar-refractivity contribution in [3.63, 3.8) is 0 Å². The summed E-state index contributed by atoms with van der Waals surface area (Å²) in [7, 11) is 0. The van der Waals surface area contributed by atoms with Crippen LogP contribution in [0, 0.1) is 20.8 Å². The van der Waals surface area contributed by atoms with Crippen molar-refractivity contribution in [2.75, 3.05) is 5.32 Å². The van der Waals surface area contributed by atoms with E-state index in [1.54, 1.807) is 0 Å². The Morgan fingerprint density at radius 3 is 2.58 bits per heavy atom. The van der Waals surface area contributed by atoms with Crippen LogP contribution >= 0.6 is 11.3 Å². The largest absolute Gasteiger partial charge is 0.455 e. The van der Waals surface area contributed by atoms with Crippen molar-refractivity contribution in [1.82, 2.24) is 4.98 Å². The monoisotopic (exact) mass is 338 g/mol. The van der Waals surface area contributed by atoms with Crippen LogP contribution in [-0.2, 0) is 0 Å². The lowest BCUT2D eigenvalue weighted by molar-refractivity contribution is 0.102. The van der Waals surface area contributed by atoms with Gasteiger partial charge in [-0.25, -0.2) is 4.98 Å². The summed E-state index contributed by atoms with van der Waals surface area (Å²) in [5.74, 6) is 1.18. The zero-order valence-corrected chi connectivity index (χ0v) is 14.6. The molecule has 3 rings (SSSR count). The first-order valence-electron chi connectivity index (χ1n) is 7.62. The maximum Gasteiger partial charge on any atom is 0.267 e. The minimum absolute atomic E-state index is 0.168. The van der Waals surface area contributed by atoms with Gasteiger partial charge in [-0.3, -0.25) is 4.79 Å². The fourth-order valence-electron chi connectivity index (χ4n) is 2.39. The number of thiazole rings is 1. The Morgan fingerprint density at radius 1 is 1.08 bits per heavy atom. The fraction of sp³-hybridized carbons (Fsp3) is 0.158. The zero-order chi connectivity index (χ0) is 17.1. The lowest BCUT2D eigenvalue weighted by Crippen LogP contribution is -2.12. The second kappa shape index (κ2) is 6.84. The van der Waals surface area contributed by atoms with Crippen molar-refractivity contribution in [2.24, 2.45) is 0 Å². The third-order valence-corrected chi connectivity index (χ3v) is 4.53. The van der Waals surface area contributed by atoms with Gasteiger partial charge in [0.1, 0.15) is 10.6 Å². The lowest BCUT2D eigenvalue weighted by atomic mass is 10.2. The van der Waals surface area contributed by atoms with Gasteiger partial charge in [-0.1, -0.05) is 24.3 Å². The SMILES string of the molecule is Cc1cccc(Oc2ccccc2NC(=O)c2sc(C)nc2C)c1. The third-order valence-electron chi connectivity index (χ3n) is 3.46. The Morgan fingerprint density at radius 2 is 1.88 bits per heavy atom. The van der Waals surface area contributed by atoms with Crippen LogP contribution in [0.3, 0.4) is 0 Å². The molecule has 0 fully saturated rings. The van der Waals surface area contributed by atoms with Crippen molar-refractivity contribution in [1.29, 1.82) is 0 Å². The maximum absolute atomic E-state index is 12.5. The molecule has 1 N–H and O–H groups in total. The standard InChI is InChI=1S/C19H18N2O2S/c1-12-7-6-8-15(11-12)23-17-10-5-4-9-16(17)21-19(22)18-13(2)20-14(3)24-18/h4-11H,1-3H3,(H,21,22). The average molecular weight is 338 g/mol. The molecule has 0 unspecified atom stereocenters. The molecule has 0 atom stereocenters. The van der Waals surface area contributed by atoms with Gasteiger partial charge >= 0.3 is 0 Å². The van der Waals surface area contributed by atoms with E-state index in [0.29, 0.717) is 16.3 Å². The number of nitrogens with one attached hydrogen (secondary N) is 1. The van der Waals surface area contributed by atoms with Gasteiger partial charge in [0.25, 0.3) is 5.91 Å². The molecular weight excluding hydrogens is 320 g/mol. The van der Waals surface area contributed by atoms with E-state index < -0.39 is 0 Å². The second-order valence-electron chi connectivity index (χ2n) is 5.52. The molecule has 0 saturated carbocycles. The number of hydrogen-bond acceptors (Lipinski definition) is 4. The number of anilines is 1. The van der Waals surface area contributed by atoms with Crippen molar-refractivity contribution < 1.29 is 9.53 Å². The number of hydrogen-bond donors (Lipinski definition) is 1. The molecule has 1 heterocycles. The Hall–Kier alpha value is -2.66. The van der Waals surface area contributed by atoms with Crippen LogP contribution in [0.4, 0.5) is 5.69 Å².